The second kappa shape index (κ2) is 16.9. The van der Waals surface area contributed by atoms with Gasteiger partial charge in [-0.1, -0.05) is 0 Å². The van der Waals surface area contributed by atoms with Crippen molar-refractivity contribution in [1.82, 2.24) is 9.97 Å². The van der Waals surface area contributed by atoms with Gasteiger partial charge in [0.2, 0.25) is 0 Å². The quantitative estimate of drug-likeness (QED) is 0.113. The van der Waals surface area contributed by atoms with E-state index in [9.17, 15) is 44.2 Å². The van der Waals surface area contributed by atoms with Gasteiger partial charge in [-0.15, -0.1) is 0 Å². The molecule has 2 rings (SSSR count). The van der Waals surface area contributed by atoms with Crippen LogP contribution in [0.3, 0.4) is 0 Å². The van der Waals surface area contributed by atoms with Gasteiger partial charge in [0.15, 0.2) is 5.92 Å². The maximum atomic E-state index is 12.4. The van der Waals surface area contributed by atoms with Crippen molar-refractivity contribution in [3.63, 3.8) is 0 Å². The van der Waals surface area contributed by atoms with Crippen molar-refractivity contribution in [3.05, 3.63) is 67.3 Å². The molecule has 2 aromatic rings. The Balaban J connectivity index is 0.000000472. The minimum atomic E-state index is -1.60. The third kappa shape index (κ3) is 11.2. The Morgan fingerprint density at radius 2 is 1.29 bits per heavy atom. The smallest absolute Gasteiger partial charge is 0.345 e. The van der Waals surface area contributed by atoms with E-state index in [0.717, 1.165) is 38.7 Å². The first kappa shape index (κ1) is 37.5. The summed E-state index contributed by atoms with van der Waals surface area (Å²) in [4.78, 5) is 86.9. The highest BCUT2D eigenvalue weighted by molar-refractivity contribution is 6.01. The number of aromatic nitrogens is 2. The maximum Gasteiger partial charge on any atom is 0.345 e. The Labute approximate surface area is 256 Å². The van der Waals surface area contributed by atoms with Crippen LogP contribution in [0.4, 0.5) is 11.4 Å². The lowest BCUT2D eigenvalue weighted by molar-refractivity contribution is -0.385. The summed E-state index contributed by atoms with van der Waals surface area (Å²) in [6, 6.07) is 2.11. The fourth-order valence-corrected chi connectivity index (χ4v) is 3.33. The molecule has 0 aromatic carbocycles. The van der Waals surface area contributed by atoms with Crippen molar-refractivity contribution >= 4 is 41.2 Å². The van der Waals surface area contributed by atoms with Crippen LogP contribution in [-0.2, 0) is 44.5 Å². The molecule has 0 fully saturated rings. The topological polar surface area (TPSA) is 244 Å². The van der Waals surface area contributed by atoms with Crippen LogP contribution in [0.25, 0.3) is 0 Å². The number of nitro groups is 2. The van der Waals surface area contributed by atoms with Crippen LogP contribution >= 0.6 is 0 Å². The van der Waals surface area contributed by atoms with Crippen LogP contribution < -0.4 is 0 Å². The second-order valence-electron chi connectivity index (χ2n) is 9.52. The fourth-order valence-electron chi connectivity index (χ4n) is 3.33. The third-order valence-electron chi connectivity index (χ3n) is 5.14. The molecule has 2 heterocycles. The Kier molecular flexibility index (Phi) is 14.1. The Bertz CT molecular complexity index is 1450. The van der Waals surface area contributed by atoms with E-state index in [4.69, 9.17) is 14.2 Å². The number of methoxy groups -OCH3 is 2. The van der Waals surface area contributed by atoms with E-state index < -0.39 is 68.2 Å². The van der Waals surface area contributed by atoms with Gasteiger partial charge in [0, 0.05) is 0 Å². The first-order valence-electron chi connectivity index (χ1n) is 13.0. The zero-order valence-corrected chi connectivity index (χ0v) is 25.5. The summed E-state index contributed by atoms with van der Waals surface area (Å²) in [7, 11) is 2.15. The van der Waals surface area contributed by atoms with Crippen molar-refractivity contribution in [2.24, 2.45) is 0 Å². The Morgan fingerprint density at radius 1 is 0.800 bits per heavy atom. The number of pyridine rings is 2. The van der Waals surface area contributed by atoms with Crippen LogP contribution in [0.5, 0.6) is 0 Å². The number of carbonyl (C=O) groups is 5. The molecule has 0 saturated carbocycles. The lowest BCUT2D eigenvalue weighted by Gasteiger charge is -2.23. The predicted octanol–water partition coefficient (Wildman–Crippen LogP) is 2.65. The van der Waals surface area contributed by atoms with E-state index in [1.54, 1.807) is 34.6 Å². The number of carbonyl (C=O) groups excluding carboxylic acids is 5. The van der Waals surface area contributed by atoms with Crippen LogP contribution in [0.15, 0.2) is 24.5 Å². The highest BCUT2D eigenvalue weighted by Gasteiger charge is 2.37. The number of esters is 5. The Hall–Kier alpha value is -5.55. The molecule has 0 aliphatic rings. The van der Waals surface area contributed by atoms with Gasteiger partial charge in [0.05, 0.1) is 55.1 Å². The molecule has 2 aromatic heterocycles. The number of rotatable bonds is 11. The van der Waals surface area contributed by atoms with Crippen molar-refractivity contribution in [2.45, 2.75) is 52.6 Å². The molecule has 0 radical (unpaired) electrons. The van der Waals surface area contributed by atoms with Gasteiger partial charge in [0.1, 0.15) is 29.1 Å². The average Bonchev–Trinajstić information content (AvgIpc) is 2.95. The third-order valence-corrected chi connectivity index (χ3v) is 5.14. The largest absolute Gasteiger partial charge is 0.466 e. The number of hydrogen-bond donors (Lipinski definition) is 0. The molecule has 18 heteroatoms. The van der Waals surface area contributed by atoms with Gasteiger partial charge in [-0.3, -0.25) is 44.6 Å². The number of hydrogen-bond acceptors (Lipinski definition) is 16. The number of ether oxygens (including phenoxy) is 5. The summed E-state index contributed by atoms with van der Waals surface area (Å²) in [5.41, 5.74) is -2.70. The highest BCUT2D eigenvalue weighted by atomic mass is 16.6. The summed E-state index contributed by atoms with van der Waals surface area (Å²) in [6.45, 7) is 8.24. The first-order valence-corrected chi connectivity index (χ1v) is 13.0. The van der Waals surface area contributed by atoms with Crippen molar-refractivity contribution in [1.29, 1.82) is 0 Å². The maximum absolute atomic E-state index is 12.4. The molecule has 18 nitrogen and oxygen atoms in total. The van der Waals surface area contributed by atoms with Crippen LogP contribution in [-0.4, -0.2) is 82.7 Å². The summed E-state index contributed by atoms with van der Waals surface area (Å²) >= 11 is 0. The molecule has 0 N–H and O–H groups in total. The summed E-state index contributed by atoms with van der Waals surface area (Å²) in [5.74, 6) is -5.89. The van der Waals surface area contributed by atoms with E-state index in [1.807, 2.05) is 0 Å². The van der Waals surface area contributed by atoms with Gasteiger partial charge >= 0.3 is 41.2 Å². The molecular weight excluding hydrogens is 604 g/mol. The van der Waals surface area contributed by atoms with E-state index in [2.05, 4.69) is 19.4 Å². The van der Waals surface area contributed by atoms with E-state index in [-0.39, 0.29) is 36.6 Å². The van der Waals surface area contributed by atoms with E-state index >= 15 is 0 Å². The van der Waals surface area contributed by atoms with Crippen molar-refractivity contribution in [3.8, 4) is 0 Å². The lowest BCUT2D eigenvalue weighted by atomic mass is 10.0. The van der Waals surface area contributed by atoms with Crippen molar-refractivity contribution < 1.29 is 57.5 Å². The zero-order chi connectivity index (χ0) is 34.5. The zero-order valence-electron chi connectivity index (χ0n) is 25.5. The van der Waals surface area contributed by atoms with Crippen LogP contribution in [0.2, 0.25) is 0 Å². The summed E-state index contributed by atoms with van der Waals surface area (Å²) in [6.07, 6.45) is 1.52. The van der Waals surface area contributed by atoms with E-state index in [1.165, 1.54) is 0 Å². The van der Waals surface area contributed by atoms with Crippen LogP contribution in [0.1, 0.15) is 72.6 Å². The Morgan fingerprint density at radius 3 is 1.73 bits per heavy atom. The molecule has 0 aliphatic carbocycles. The van der Waals surface area contributed by atoms with Gasteiger partial charge < -0.3 is 23.7 Å². The minimum absolute atomic E-state index is 0.00499. The standard InChI is InChI=1S/C16H20N2O8.C11H12N2O6/c1-6-25-14(20)12(15(21)26-16(2,3)4)10-7-9(13(19)24-5)11(8-17-10)18(22)23;1-3-19-10(14)5-7-4-8(11(15)18-2)9(6-12-7)13(16)17/h7-8,12H,6H2,1-5H3;4,6H,3,5H2,1-2H3. The summed E-state index contributed by atoms with van der Waals surface area (Å²) < 4.78 is 23.7. The average molecular weight is 637 g/mol. The van der Waals surface area contributed by atoms with Crippen LogP contribution in [0, 0.1) is 20.2 Å². The van der Waals surface area contributed by atoms with Gasteiger partial charge in [-0.05, 0) is 46.8 Å². The highest BCUT2D eigenvalue weighted by Crippen LogP contribution is 2.26. The van der Waals surface area contributed by atoms with Gasteiger partial charge in [-0.25, -0.2) is 9.59 Å². The van der Waals surface area contributed by atoms with Gasteiger partial charge in [-0.2, -0.15) is 0 Å². The molecule has 0 aliphatic heterocycles. The predicted molar refractivity (Wildman–Crippen MR) is 150 cm³/mol. The molecule has 0 amide bonds. The molecule has 1 atom stereocenters. The molecule has 0 saturated heterocycles. The molecule has 0 bridgehead atoms. The molecular formula is C27H32N4O14. The first-order chi connectivity index (χ1) is 21.0. The fraction of sp³-hybridized carbons (Fsp3) is 0.444. The second-order valence-corrected chi connectivity index (χ2v) is 9.52. The SMILES string of the molecule is CCOC(=O)C(C(=O)OC(C)(C)C)c1cc(C(=O)OC)c([N+](=O)[O-])cn1.CCOC(=O)Cc1cc(C(=O)OC)c([N+](=O)[O-])cn1. The monoisotopic (exact) mass is 636 g/mol. The number of nitrogens with zero attached hydrogens (tertiary/aromatic N) is 4. The van der Waals surface area contributed by atoms with Gasteiger partial charge in [0.25, 0.3) is 0 Å². The molecule has 1 unspecified atom stereocenters. The van der Waals surface area contributed by atoms with E-state index in [0.29, 0.717) is 0 Å². The lowest BCUT2D eigenvalue weighted by Crippen LogP contribution is -2.33. The summed E-state index contributed by atoms with van der Waals surface area (Å²) in [5, 5.41) is 21.8. The van der Waals surface area contributed by atoms with Crippen molar-refractivity contribution in [2.75, 3.05) is 27.4 Å². The molecule has 0 spiro atoms. The molecule has 45 heavy (non-hydrogen) atoms. The minimum Gasteiger partial charge on any atom is -0.466 e. The normalized spacial score (nSPS) is 11.1. The molecule has 244 valence electrons.